The minimum atomic E-state index is 0. The lowest BCUT2D eigenvalue weighted by Crippen LogP contribution is -2.12. The third-order valence-electron chi connectivity index (χ3n) is 5.43. The van der Waals surface area contributed by atoms with Crippen molar-refractivity contribution in [1.29, 1.82) is 0 Å². The van der Waals surface area contributed by atoms with Gasteiger partial charge in [-0.3, -0.25) is 0 Å². The first-order valence-corrected chi connectivity index (χ1v) is 8.40. The summed E-state index contributed by atoms with van der Waals surface area (Å²) in [6.45, 7) is 0. The van der Waals surface area contributed by atoms with Crippen LogP contribution >= 0.6 is 0 Å². The van der Waals surface area contributed by atoms with Crippen LogP contribution in [0.2, 0.25) is 0 Å². The Hall–Kier alpha value is -1.34. The third kappa shape index (κ3) is 2.85. The summed E-state index contributed by atoms with van der Waals surface area (Å²) in [4.78, 5) is 0. The normalized spacial score (nSPS) is 44.2. The molecule has 6 atom stereocenters. The number of hydrogen-bond donors (Lipinski definition) is 0. The van der Waals surface area contributed by atoms with Crippen LogP contribution in [0, 0.1) is 23.7 Å². The van der Waals surface area contributed by atoms with Crippen molar-refractivity contribution in [3.8, 4) is 0 Å². The van der Waals surface area contributed by atoms with Crippen molar-refractivity contribution in [2.24, 2.45) is 23.7 Å². The molecule has 1 saturated carbocycles. The van der Waals surface area contributed by atoms with Gasteiger partial charge in [0.1, 0.15) is 6.10 Å². The van der Waals surface area contributed by atoms with Crippen LogP contribution in [0.4, 0.5) is 0 Å². The predicted octanol–water partition coefficient (Wildman–Crippen LogP) is 4.85. The molecule has 0 amide bonds. The van der Waals surface area contributed by atoms with Gasteiger partial charge in [0.05, 0.1) is 6.10 Å². The van der Waals surface area contributed by atoms with Gasteiger partial charge in [0.15, 0.2) is 0 Å². The fourth-order valence-electron chi connectivity index (χ4n) is 4.23. The minimum absolute atomic E-state index is 0. The highest BCUT2D eigenvalue weighted by Gasteiger charge is 2.44. The van der Waals surface area contributed by atoms with E-state index in [2.05, 4.69) is 60.8 Å². The second-order valence-electron chi connectivity index (χ2n) is 6.75. The highest BCUT2D eigenvalue weighted by Crippen LogP contribution is 2.52. The largest absolute Gasteiger partial charge is 0.365 e. The van der Waals surface area contributed by atoms with E-state index in [1.54, 1.807) is 0 Å². The number of hydrogen-bond acceptors (Lipinski definition) is 1. The smallest absolute Gasteiger partial charge is 0.103 e. The lowest BCUT2D eigenvalue weighted by molar-refractivity contribution is 0.382. The monoisotopic (exact) mass is 283 g/mol. The molecule has 0 aromatic rings. The van der Waals surface area contributed by atoms with Crippen LogP contribution in [0.15, 0.2) is 60.8 Å². The summed E-state index contributed by atoms with van der Waals surface area (Å²) in [7, 11) is 0. The standard InChI is InChI=1S/C10H12.C5H6O.C5H6.H2/c1-2-9-7-4-5-8(6-7)10(9)3-1;1-2-4-5(3-1)6-4;1-2-4-5-3-1;/h1-2,4-5,7-10H,3,6H2;1-2,4-5H,3H2;1-4H,5H2;1H/i;;;1+1. The van der Waals surface area contributed by atoms with Crippen molar-refractivity contribution in [1.82, 2.24) is 0 Å². The summed E-state index contributed by atoms with van der Waals surface area (Å²) < 4.78 is 5.07. The van der Waals surface area contributed by atoms with E-state index in [4.69, 9.17) is 4.74 Å². The van der Waals surface area contributed by atoms with Crippen molar-refractivity contribution < 1.29 is 6.16 Å². The lowest BCUT2D eigenvalue weighted by Gasteiger charge is -2.18. The van der Waals surface area contributed by atoms with Crippen LogP contribution in [-0.2, 0) is 4.74 Å². The van der Waals surface area contributed by atoms with Gasteiger partial charge in [0.2, 0.25) is 0 Å². The van der Waals surface area contributed by atoms with Crippen molar-refractivity contribution in [3.05, 3.63) is 60.8 Å². The topological polar surface area (TPSA) is 12.5 Å². The molecule has 1 heterocycles. The van der Waals surface area contributed by atoms with Gasteiger partial charge < -0.3 is 4.74 Å². The Morgan fingerprint density at radius 2 is 1.62 bits per heavy atom. The van der Waals surface area contributed by atoms with Crippen LogP contribution in [0.1, 0.15) is 27.1 Å². The third-order valence-corrected chi connectivity index (χ3v) is 5.43. The van der Waals surface area contributed by atoms with E-state index in [9.17, 15) is 0 Å². The Morgan fingerprint density at radius 3 is 2.14 bits per heavy atom. The minimum Gasteiger partial charge on any atom is -0.365 e. The van der Waals surface area contributed by atoms with Gasteiger partial charge in [0, 0.05) is 1.43 Å². The fraction of sp³-hybridized carbons (Fsp3) is 0.500. The van der Waals surface area contributed by atoms with Crippen LogP contribution in [0.25, 0.3) is 0 Å². The van der Waals surface area contributed by atoms with Gasteiger partial charge in [-0.15, -0.1) is 0 Å². The van der Waals surface area contributed by atoms with E-state index in [0.29, 0.717) is 12.2 Å². The van der Waals surface area contributed by atoms with E-state index in [1.165, 1.54) is 12.8 Å². The zero-order valence-electron chi connectivity index (χ0n) is 12.5. The SMILES string of the molecule is C1=CC2C3C=CC(C3)C2C1.C1=CC2OC2C1.C1=CCC=C1.[2HH]. The Kier molecular flexibility index (Phi) is 3.69. The number of epoxide rings is 1. The van der Waals surface area contributed by atoms with Gasteiger partial charge in [-0.05, 0) is 49.4 Å². The molecule has 0 aromatic heterocycles. The second-order valence-corrected chi connectivity index (χ2v) is 6.75. The zero-order valence-corrected chi connectivity index (χ0v) is 12.5. The molecule has 1 heteroatoms. The molecule has 0 aromatic carbocycles. The number of allylic oxidation sites excluding steroid dienone is 8. The first-order valence-electron chi connectivity index (χ1n) is 8.40. The first-order chi connectivity index (χ1) is 10.4. The fourth-order valence-corrected chi connectivity index (χ4v) is 4.23. The molecule has 6 unspecified atom stereocenters. The molecule has 21 heavy (non-hydrogen) atoms. The Bertz CT molecular complexity index is 518. The molecule has 2 fully saturated rings. The average Bonchev–Trinajstić information content (AvgIpc) is 3.18. The molecule has 0 radical (unpaired) electrons. The summed E-state index contributed by atoms with van der Waals surface area (Å²) in [6, 6.07) is 0. The summed E-state index contributed by atoms with van der Waals surface area (Å²) in [5, 5.41) is 0. The highest BCUT2D eigenvalue weighted by molar-refractivity contribution is 5.21. The maximum absolute atomic E-state index is 5.07. The van der Waals surface area contributed by atoms with Crippen molar-refractivity contribution in [2.75, 3.05) is 0 Å². The summed E-state index contributed by atoms with van der Waals surface area (Å²) in [5.41, 5.74) is 0. The Labute approximate surface area is 129 Å². The molecule has 0 spiro atoms. The molecule has 5 aliphatic carbocycles. The first kappa shape index (κ1) is 13.3. The van der Waals surface area contributed by atoms with Crippen molar-refractivity contribution in [2.45, 2.75) is 37.9 Å². The number of rotatable bonds is 0. The average molecular weight is 283 g/mol. The Balaban J connectivity index is 0.000000104. The van der Waals surface area contributed by atoms with Crippen molar-refractivity contribution in [3.63, 3.8) is 0 Å². The van der Waals surface area contributed by atoms with E-state index < -0.39 is 0 Å². The maximum Gasteiger partial charge on any atom is 0.103 e. The molecule has 1 nitrogen and oxygen atoms in total. The van der Waals surface area contributed by atoms with E-state index in [1.807, 2.05) is 0 Å². The summed E-state index contributed by atoms with van der Waals surface area (Å²) in [5.74, 6) is 3.82. The van der Waals surface area contributed by atoms with Gasteiger partial charge >= 0.3 is 0 Å². The number of fused-ring (bicyclic) bond motifs is 6. The lowest BCUT2D eigenvalue weighted by atomic mass is 9.86. The van der Waals surface area contributed by atoms with Crippen LogP contribution in [-0.4, -0.2) is 12.2 Å². The number of ether oxygens (including phenoxy) is 1. The van der Waals surface area contributed by atoms with Crippen LogP contribution in [0.3, 0.4) is 0 Å². The van der Waals surface area contributed by atoms with Gasteiger partial charge in [-0.25, -0.2) is 0 Å². The maximum atomic E-state index is 5.07. The molecule has 2 bridgehead atoms. The highest BCUT2D eigenvalue weighted by atomic mass is 16.6. The van der Waals surface area contributed by atoms with Gasteiger partial charge in [0.25, 0.3) is 0 Å². The van der Waals surface area contributed by atoms with Crippen LogP contribution in [0.5, 0.6) is 0 Å². The molecular weight excluding hydrogens is 256 g/mol. The molecule has 1 aliphatic heterocycles. The predicted molar refractivity (Wildman–Crippen MR) is 88.9 cm³/mol. The Morgan fingerprint density at radius 1 is 0.810 bits per heavy atom. The molecule has 6 aliphatic rings. The second kappa shape index (κ2) is 5.81. The van der Waals surface area contributed by atoms with Gasteiger partial charge in [-0.2, -0.15) is 0 Å². The van der Waals surface area contributed by atoms with E-state index in [-0.39, 0.29) is 1.43 Å². The van der Waals surface area contributed by atoms with Gasteiger partial charge in [-0.1, -0.05) is 60.8 Å². The summed E-state index contributed by atoms with van der Waals surface area (Å²) in [6.07, 6.45) is 28.6. The molecule has 112 valence electrons. The van der Waals surface area contributed by atoms with Crippen LogP contribution < -0.4 is 0 Å². The van der Waals surface area contributed by atoms with Crippen molar-refractivity contribution >= 4 is 0 Å². The quantitative estimate of drug-likeness (QED) is 0.457. The molecule has 1 saturated heterocycles. The molecular formula is C20H26O. The zero-order chi connectivity index (χ0) is 14.1. The molecule has 0 N–H and O–H groups in total. The summed E-state index contributed by atoms with van der Waals surface area (Å²) >= 11 is 0. The van der Waals surface area contributed by atoms with E-state index >= 15 is 0 Å². The molecule has 6 rings (SSSR count). The van der Waals surface area contributed by atoms with E-state index in [0.717, 1.165) is 36.5 Å².